The third-order valence-corrected chi connectivity index (χ3v) is 4.24. The molecule has 1 aliphatic heterocycles. The van der Waals surface area contributed by atoms with Crippen molar-refractivity contribution in [1.29, 1.82) is 0 Å². The third kappa shape index (κ3) is 2.55. The van der Waals surface area contributed by atoms with Gasteiger partial charge in [0.1, 0.15) is 11.6 Å². The maximum atomic E-state index is 11.6. The highest BCUT2D eigenvalue weighted by Gasteiger charge is 2.24. The van der Waals surface area contributed by atoms with Gasteiger partial charge in [0.2, 0.25) is 0 Å². The molecule has 0 unspecified atom stereocenters. The molecule has 0 radical (unpaired) electrons. The fourth-order valence-electron chi connectivity index (χ4n) is 3.08. The van der Waals surface area contributed by atoms with Crippen LogP contribution >= 0.6 is 0 Å². The maximum Gasteiger partial charge on any atom is 0.364 e. The summed E-state index contributed by atoms with van der Waals surface area (Å²) in [7, 11) is 1.69. The van der Waals surface area contributed by atoms with Crippen LogP contribution in [0.15, 0.2) is 41.2 Å². The number of nitrogens with one attached hydrogen (secondary N) is 2. The Morgan fingerprint density at radius 2 is 2.17 bits per heavy atom. The number of nitrogens with zero attached hydrogens (tertiary/aromatic N) is 4. The molecule has 8 heteroatoms. The Morgan fingerprint density at radius 3 is 3.04 bits per heavy atom. The number of para-hydroxylation sites is 2. The zero-order chi connectivity index (χ0) is 16.5. The number of benzene rings is 1. The summed E-state index contributed by atoms with van der Waals surface area (Å²) in [6.07, 6.45) is 0.984. The summed E-state index contributed by atoms with van der Waals surface area (Å²) in [6, 6.07) is 11.9. The van der Waals surface area contributed by atoms with E-state index in [4.69, 9.17) is 4.74 Å². The molecule has 1 saturated heterocycles. The van der Waals surface area contributed by atoms with Crippen molar-refractivity contribution >= 4 is 17.2 Å². The molecule has 0 aliphatic carbocycles. The molecule has 24 heavy (non-hydrogen) atoms. The Bertz CT molecular complexity index is 918. The van der Waals surface area contributed by atoms with E-state index in [0.29, 0.717) is 11.5 Å². The van der Waals surface area contributed by atoms with E-state index in [1.807, 2.05) is 24.3 Å². The molecule has 1 aromatic carbocycles. The molecule has 124 valence electrons. The first-order valence-corrected chi connectivity index (χ1v) is 7.83. The van der Waals surface area contributed by atoms with Crippen LogP contribution < -0.4 is 20.6 Å². The van der Waals surface area contributed by atoms with Crippen LogP contribution in [-0.4, -0.2) is 46.1 Å². The van der Waals surface area contributed by atoms with Gasteiger partial charge in [0.25, 0.3) is 0 Å². The first kappa shape index (κ1) is 14.6. The quantitative estimate of drug-likeness (QED) is 0.747. The van der Waals surface area contributed by atoms with E-state index in [2.05, 4.69) is 31.6 Å². The van der Waals surface area contributed by atoms with Gasteiger partial charge in [0, 0.05) is 19.1 Å². The molecule has 1 fully saturated rings. The predicted molar refractivity (Wildman–Crippen MR) is 90.8 cm³/mol. The minimum absolute atomic E-state index is 0.252. The molecule has 3 heterocycles. The molecule has 0 amide bonds. The molecule has 1 atom stereocenters. The van der Waals surface area contributed by atoms with E-state index in [-0.39, 0.29) is 11.7 Å². The van der Waals surface area contributed by atoms with Crippen LogP contribution in [0.25, 0.3) is 5.65 Å². The Labute approximate surface area is 138 Å². The Balaban J connectivity index is 1.50. The number of fused-ring (bicyclic) bond motifs is 1. The lowest BCUT2D eigenvalue weighted by molar-refractivity contribution is 0.415. The number of rotatable bonds is 4. The van der Waals surface area contributed by atoms with Crippen molar-refractivity contribution in [2.24, 2.45) is 0 Å². The Hall–Kier alpha value is -3.03. The van der Waals surface area contributed by atoms with Crippen molar-refractivity contribution in [1.82, 2.24) is 19.8 Å². The summed E-state index contributed by atoms with van der Waals surface area (Å²) in [4.78, 5) is 13.9. The van der Waals surface area contributed by atoms with E-state index in [0.717, 1.165) is 30.9 Å². The average Bonchev–Trinajstić information content (AvgIpc) is 3.22. The highest BCUT2D eigenvalue weighted by molar-refractivity contribution is 5.59. The smallest absolute Gasteiger partial charge is 0.364 e. The van der Waals surface area contributed by atoms with Gasteiger partial charge in [0.05, 0.1) is 12.8 Å². The first-order chi connectivity index (χ1) is 11.7. The minimum Gasteiger partial charge on any atom is -0.495 e. The molecule has 2 aromatic heterocycles. The molecule has 3 aromatic rings. The number of ether oxygens (including phenoxy) is 1. The number of aromatic nitrogens is 4. The third-order valence-electron chi connectivity index (χ3n) is 4.24. The molecule has 2 N–H and O–H groups in total. The van der Waals surface area contributed by atoms with Crippen molar-refractivity contribution in [3.05, 3.63) is 46.9 Å². The summed E-state index contributed by atoms with van der Waals surface area (Å²) in [5.41, 5.74) is 1.27. The van der Waals surface area contributed by atoms with Gasteiger partial charge in [-0.2, -0.15) is 9.61 Å². The van der Waals surface area contributed by atoms with Crippen molar-refractivity contribution in [3.63, 3.8) is 0 Å². The highest BCUT2D eigenvalue weighted by Crippen LogP contribution is 2.30. The second kappa shape index (κ2) is 5.88. The summed E-state index contributed by atoms with van der Waals surface area (Å²) in [5.74, 6) is 1.54. The van der Waals surface area contributed by atoms with Crippen LogP contribution in [0.4, 0.5) is 11.5 Å². The summed E-state index contributed by atoms with van der Waals surface area (Å²) in [5, 5.41) is 13.9. The lowest BCUT2D eigenvalue weighted by atomic mass is 10.2. The SMILES string of the molecule is COc1ccccc1N1CC[C@@H](Nc2ccc3n[nH]c(=O)n3n2)C1. The Kier molecular flexibility index (Phi) is 3.56. The summed E-state index contributed by atoms with van der Waals surface area (Å²) >= 11 is 0. The molecule has 0 bridgehead atoms. The van der Waals surface area contributed by atoms with Crippen molar-refractivity contribution in [2.75, 3.05) is 30.4 Å². The van der Waals surface area contributed by atoms with E-state index < -0.39 is 0 Å². The van der Waals surface area contributed by atoms with Gasteiger partial charge in [-0.3, -0.25) is 0 Å². The maximum absolute atomic E-state index is 11.6. The lowest BCUT2D eigenvalue weighted by Gasteiger charge is -2.21. The Morgan fingerprint density at radius 1 is 1.29 bits per heavy atom. The lowest BCUT2D eigenvalue weighted by Crippen LogP contribution is -2.27. The fourth-order valence-corrected chi connectivity index (χ4v) is 3.08. The van der Waals surface area contributed by atoms with E-state index in [1.54, 1.807) is 13.2 Å². The second-order valence-electron chi connectivity index (χ2n) is 5.77. The molecular formula is C16H18N6O2. The van der Waals surface area contributed by atoms with Crippen LogP contribution in [0.3, 0.4) is 0 Å². The monoisotopic (exact) mass is 326 g/mol. The average molecular weight is 326 g/mol. The number of anilines is 2. The molecule has 0 spiro atoms. The van der Waals surface area contributed by atoms with Crippen LogP contribution in [-0.2, 0) is 0 Å². The van der Waals surface area contributed by atoms with E-state index in [9.17, 15) is 4.79 Å². The second-order valence-corrected chi connectivity index (χ2v) is 5.77. The summed E-state index contributed by atoms with van der Waals surface area (Å²) < 4.78 is 6.70. The number of aromatic amines is 1. The van der Waals surface area contributed by atoms with Gasteiger partial charge in [0.15, 0.2) is 5.65 Å². The minimum atomic E-state index is -0.337. The fraction of sp³-hybridized carbons (Fsp3) is 0.312. The molecule has 4 rings (SSSR count). The molecular weight excluding hydrogens is 308 g/mol. The number of hydrogen-bond donors (Lipinski definition) is 2. The zero-order valence-electron chi connectivity index (χ0n) is 13.3. The largest absolute Gasteiger partial charge is 0.495 e. The van der Waals surface area contributed by atoms with Gasteiger partial charge in [-0.05, 0) is 30.7 Å². The van der Waals surface area contributed by atoms with Crippen molar-refractivity contribution < 1.29 is 4.74 Å². The van der Waals surface area contributed by atoms with E-state index in [1.165, 1.54) is 4.52 Å². The van der Waals surface area contributed by atoms with Crippen LogP contribution in [0.1, 0.15) is 6.42 Å². The van der Waals surface area contributed by atoms with Crippen molar-refractivity contribution in [2.45, 2.75) is 12.5 Å². The topological polar surface area (TPSA) is 87.5 Å². The standard InChI is InChI=1S/C16H18N6O2/c1-24-13-5-3-2-4-12(13)21-9-8-11(10-21)17-14-6-7-15-18-19-16(23)22(15)20-14/h2-7,11H,8-10H2,1H3,(H,17,20)(H,19,23)/t11-/m1/s1. The summed E-state index contributed by atoms with van der Waals surface area (Å²) in [6.45, 7) is 1.78. The van der Waals surface area contributed by atoms with E-state index >= 15 is 0 Å². The van der Waals surface area contributed by atoms with Gasteiger partial charge < -0.3 is 15.0 Å². The van der Waals surface area contributed by atoms with Crippen LogP contribution in [0.2, 0.25) is 0 Å². The molecule has 8 nitrogen and oxygen atoms in total. The number of hydrogen-bond acceptors (Lipinski definition) is 6. The number of methoxy groups -OCH3 is 1. The van der Waals surface area contributed by atoms with Crippen LogP contribution in [0.5, 0.6) is 5.75 Å². The van der Waals surface area contributed by atoms with Gasteiger partial charge in [-0.15, -0.1) is 5.10 Å². The number of H-pyrrole nitrogens is 1. The van der Waals surface area contributed by atoms with Gasteiger partial charge >= 0.3 is 5.69 Å². The van der Waals surface area contributed by atoms with Crippen molar-refractivity contribution in [3.8, 4) is 5.75 Å². The van der Waals surface area contributed by atoms with Crippen LogP contribution in [0, 0.1) is 0 Å². The predicted octanol–water partition coefficient (Wildman–Crippen LogP) is 1.12. The highest BCUT2D eigenvalue weighted by atomic mass is 16.5. The van der Waals surface area contributed by atoms with Gasteiger partial charge in [-0.1, -0.05) is 12.1 Å². The zero-order valence-corrected chi connectivity index (χ0v) is 13.3. The van der Waals surface area contributed by atoms with Gasteiger partial charge in [-0.25, -0.2) is 9.89 Å². The first-order valence-electron chi connectivity index (χ1n) is 7.83. The molecule has 1 aliphatic rings. The normalized spacial score (nSPS) is 17.4. The molecule has 0 saturated carbocycles.